The number of H-pyrrole nitrogens is 1. The average Bonchev–Trinajstić information content (AvgIpc) is 3.03. The molecule has 1 aliphatic rings. The fourth-order valence-corrected chi connectivity index (χ4v) is 4.91. The first-order valence-electron chi connectivity index (χ1n) is 11.7. The molecule has 1 amide bonds. The molecule has 0 spiro atoms. The molecule has 4 rings (SSSR count). The summed E-state index contributed by atoms with van der Waals surface area (Å²) in [6.45, 7) is 10.4. The molecular weight excluding hydrogens is 562 g/mol. The summed E-state index contributed by atoms with van der Waals surface area (Å²) in [5, 5.41) is -0.220. The van der Waals surface area contributed by atoms with E-state index in [-0.39, 0.29) is 47.0 Å². The monoisotopic (exact) mass is 582 g/mol. The molecular formula is C26H20F6N4O3S. The Kier molecular flexibility index (Phi) is 7.31. The topological polar surface area (TPSA) is 70.0 Å². The van der Waals surface area contributed by atoms with Crippen LogP contribution in [0.4, 0.5) is 37.7 Å². The summed E-state index contributed by atoms with van der Waals surface area (Å²) in [7, 11) is 0. The number of hydrogen-bond acceptors (Lipinski definition) is 4. The van der Waals surface area contributed by atoms with Crippen molar-refractivity contribution in [3.63, 3.8) is 0 Å². The molecule has 7 nitrogen and oxygen atoms in total. The number of halogens is 6. The lowest BCUT2D eigenvalue weighted by atomic mass is 10.0. The summed E-state index contributed by atoms with van der Waals surface area (Å²) in [5.74, 6) is -0.357. The molecule has 2 aromatic carbocycles. The van der Waals surface area contributed by atoms with Gasteiger partial charge in [-0.2, -0.15) is 26.3 Å². The van der Waals surface area contributed by atoms with Gasteiger partial charge in [-0.25, -0.2) is 4.85 Å². The molecule has 1 saturated heterocycles. The van der Waals surface area contributed by atoms with Crippen LogP contribution in [0.5, 0.6) is 5.75 Å². The number of thiocarbonyl (C=S) groups is 1. The van der Waals surface area contributed by atoms with Crippen LogP contribution < -0.4 is 15.2 Å². The molecule has 0 saturated carbocycles. The first kappa shape index (κ1) is 28.9. The molecule has 0 radical (unpaired) electrons. The number of alkyl halides is 6. The van der Waals surface area contributed by atoms with E-state index in [1.54, 1.807) is 13.8 Å². The Labute approximate surface area is 228 Å². The van der Waals surface area contributed by atoms with Gasteiger partial charge in [-0.15, -0.1) is 0 Å². The molecule has 1 N–H and O–H groups in total. The van der Waals surface area contributed by atoms with Crippen LogP contribution in [0.2, 0.25) is 0 Å². The van der Waals surface area contributed by atoms with Gasteiger partial charge in [0.25, 0.3) is 5.91 Å². The summed E-state index contributed by atoms with van der Waals surface area (Å²) in [5.41, 5.74) is -5.14. The lowest BCUT2D eigenvalue weighted by Crippen LogP contribution is -2.44. The predicted molar refractivity (Wildman–Crippen MR) is 138 cm³/mol. The van der Waals surface area contributed by atoms with Crippen molar-refractivity contribution in [2.24, 2.45) is 0 Å². The Morgan fingerprint density at radius 1 is 1.00 bits per heavy atom. The quantitative estimate of drug-likeness (QED) is 0.160. The van der Waals surface area contributed by atoms with Crippen molar-refractivity contribution in [3.8, 4) is 5.75 Å². The maximum Gasteiger partial charge on any atom is 0.417 e. The molecule has 40 heavy (non-hydrogen) atoms. The zero-order valence-corrected chi connectivity index (χ0v) is 21.7. The van der Waals surface area contributed by atoms with Crippen molar-refractivity contribution in [2.45, 2.75) is 38.2 Å². The molecule has 0 aliphatic carbocycles. The molecule has 210 valence electrons. The first-order valence-corrected chi connectivity index (χ1v) is 12.1. The highest BCUT2D eigenvalue weighted by Crippen LogP contribution is 2.41. The van der Waals surface area contributed by atoms with E-state index < -0.39 is 46.2 Å². The van der Waals surface area contributed by atoms with Gasteiger partial charge in [0.05, 0.1) is 29.8 Å². The van der Waals surface area contributed by atoms with Crippen LogP contribution in [0.1, 0.15) is 31.4 Å². The number of hydrogen-bond donors (Lipinski definition) is 1. The van der Waals surface area contributed by atoms with Crippen LogP contribution in [0.3, 0.4) is 0 Å². The van der Waals surface area contributed by atoms with E-state index >= 15 is 0 Å². The minimum Gasteiger partial charge on any atom is -0.493 e. The zero-order valence-electron chi connectivity index (χ0n) is 20.9. The number of benzene rings is 2. The molecule has 1 aromatic heterocycles. The second kappa shape index (κ2) is 10.1. The highest BCUT2D eigenvalue weighted by Gasteiger charge is 2.49. The van der Waals surface area contributed by atoms with Gasteiger partial charge in [0.2, 0.25) is 5.56 Å². The summed E-state index contributed by atoms with van der Waals surface area (Å²) < 4.78 is 85.9. The Balaban J connectivity index is 1.48. The van der Waals surface area contributed by atoms with Crippen LogP contribution in [0.15, 0.2) is 47.3 Å². The van der Waals surface area contributed by atoms with Gasteiger partial charge < -0.3 is 14.6 Å². The third kappa shape index (κ3) is 5.33. The lowest BCUT2D eigenvalue weighted by Gasteiger charge is -2.29. The second-order valence-corrected chi connectivity index (χ2v) is 9.76. The number of pyridine rings is 1. The van der Waals surface area contributed by atoms with Crippen LogP contribution in [0.25, 0.3) is 15.7 Å². The van der Waals surface area contributed by atoms with Crippen molar-refractivity contribution in [1.82, 2.24) is 9.88 Å². The maximum absolute atomic E-state index is 13.5. The van der Waals surface area contributed by atoms with Gasteiger partial charge >= 0.3 is 12.4 Å². The van der Waals surface area contributed by atoms with Gasteiger partial charge in [-0.05, 0) is 56.8 Å². The number of aromatic amines is 1. The summed E-state index contributed by atoms with van der Waals surface area (Å²) in [6.07, 6.45) is -9.24. The van der Waals surface area contributed by atoms with Crippen LogP contribution in [-0.4, -0.2) is 39.6 Å². The molecule has 14 heteroatoms. The lowest BCUT2D eigenvalue weighted by molar-refractivity contribution is -0.137. The standard InChI is InChI=1S/C26H20F6N4O3S/c1-24(2)22(38)36(14-5-8-19(33-3)18(11-14)26(30,31)32)23(40)35(24)9-4-10-39-15-6-7-16-17(25(27,28)29)13-21(37)34-20(16)12-15/h5-8,11-13H,4,9-10H2,1-2H3,(H,34,37). The molecule has 1 fully saturated rings. The average molecular weight is 583 g/mol. The number of carbonyl (C=O) groups excluding carboxylic acids is 1. The van der Waals surface area contributed by atoms with Crippen LogP contribution in [0, 0.1) is 6.57 Å². The fraction of sp³-hybridized carbons (Fsp3) is 0.308. The van der Waals surface area contributed by atoms with Crippen molar-refractivity contribution in [1.29, 1.82) is 0 Å². The van der Waals surface area contributed by atoms with Gasteiger partial charge in [0.1, 0.15) is 11.3 Å². The smallest absolute Gasteiger partial charge is 0.417 e. The minimum absolute atomic E-state index is 0.0263. The normalized spacial score (nSPS) is 15.6. The van der Waals surface area contributed by atoms with E-state index in [0.29, 0.717) is 12.1 Å². The highest BCUT2D eigenvalue weighted by atomic mass is 32.1. The van der Waals surface area contributed by atoms with Gasteiger partial charge in [0, 0.05) is 29.8 Å². The number of ether oxygens (including phenoxy) is 1. The summed E-state index contributed by atoms with van der Waals surface area (Å²) >= 11 is 5.44. The van der Waals surface area contributed by atoms with Gasteiger partial charge in [0.15, 0.2) is 10.8 Å². The van der Waals surface area contributed by atoms with Crippen LogP contribution >= 0.6 is 12.2 Å². The maximum atomic E-state index is 13.5. The first-order chi connectivity index (χ1) is 18.6. The Morgan fingerprint density at radius 2 is 1.68 bits per heavy atom. The summed E-state index contributed by atoms with van der Waals surface area (Å²) in [6, 6.07) is 7.20. The highest BCUT2D eigenvalue weighted by molar-refractivity contribution is 7.80. The Hall–Kier alpha value is -4.12. The van der Waals surface area contributed by atoms with Gasteiger partial charge in [-0.3, -0.25) is 14.5 Å². The number of nitrogens with one attached hydrogen (secondary N) is 1. The molecule has 2 heterocycles. The van der Waals surface area contributed by atoms with E-state index in [4.69, 9.17) is 23.5 Å². The van der Waals surface area contributed by atoms with E-state index in [9.17, 15) is 35.9 Å². The third-order valence-corrected chi connectivity index (χ3v) is 6.81. The number of carbonyl (C=O) groups is 1. The molecule has 0 unspecified atom stereocenters. The zero-order chi connectivity index (χ0) is 29.6. The number of amides is 1. The van der Waals surface area contributed by atoms with Crippen LogP contribution in [-0.2, 0) is 17.1 Å². The number of anilines is 1. The SMILES string of the molecule is [C-]#[N+]c1ccc(N2C(=O)C(C)(C)N(CCCOc3ccc4c(C(F)(F)F)cc(=O)[nH]c4c3)C2=S)cc1C(F)(F)F. The van der Waals surface area contributed by atoms with Crippen molar-refractivity contribution in [2.75, 3.05) is 18.1 Å². The molecule has 0 atom stereocenters. The largest absolute Gasteiger partial charge is 0.493 e. The van der Waals surface area contributed by atoms with E-state index in [2.05, 4.69) is 9.83 Å². The van der Waals surface area contributed by atoms with Crippen molar-refractivity contribution in [3.05, 3.63) is 75.4 Å². The Bertz CT molecular complexity index is 1610. The van der Waals surface area contributed by atoms with E-state index in [1.165, 1.54) is 29.2 Å². The van der Waals surface area contributed by atoms with Gasteiger partial charge in [-0.1, -0.05) is 6.07 Å². The summed E-state index contributed by atoms with van der Waals surface area (Å²) in [4.78, 5) is 32.7. The fourth-order valence-electron chi connectivity index (χ4n) is 4.40. The molecule has 0 bridgehead atoms. The number of rotatable bonds is 6. The predicted octanol–water partition coefficient (Wildman–Crippen LogP) is 6.30. The van der Waals surface area contributed by atoms with Crippen molar-refractivity contribution < 1.29 is 35.9 Å². The molecule has 1 aliphatic heterocycles. The number of fused-ring (bicyclic) bond motifs is 1. The minimum atomic E-state index is -4.81. The van der Waals surface area contributed by atoms with E-state index in [0.717, 1.165) is 11.0 Å². The second-order valence-electron chi connectivity index (χ2n) is 9.40. The number of aromatic nitrogens is 1. The molecule has 3 aromatic rings. The van der Waals surface area contributed by atoms with Crippen molar-refractivity contribution >= 4 is 45.5 Å². The van der Waals surface area contributed by atoms with E-state index in [1.807, 2.05) is 0 Å². The Morgan fingerprint density at radius 3 is 2.30 bits per heavy atom. The number of nitrogens with zero attached hydrogens (tertiary/aromatic N) is 3. The third-order valence-electron chi connectivity index (χ3n) is 6.40.